The van der Waals surface area contributed by atoms with Crippen LogP contribution in [0.4, 0.5) is 0 Å². The predicted octanol–water partition coefficient (Wildman–Crippen LogP) is 0.431. The zero-order valence-electron chi connectivity index (χ0n) is 9.54. The number of benzene rings is 1. The molecule has 0 bridgehead atoms. The van der Waals surface area contributed by atoms with E-state index in [1.807, 2.05) is 0 Å². The maximum absolute atomic E-state index is 12.1. The Balaban J connectivity index is 2.12. The number of aliphatic hydroxyl groups excluding tert-OH is 1. The van der Waals surface area contributed by atoms with Gasteiger partial charge >= 0.3 is 0 Å². The maximum atomic E-state index is 12.1. The molecule has 0 saturated carbocycles. The van der Waals surface area contributed by atoms with E-state index in [-0.39, 0.29) is 11.7 Å². The summed E-state index contributed by atoms with van der Waals surface area (Å²) in [6.45, 7) is 1.25. The monoisotopic (exact) mass is 255 g/mol. The fraction of sp³-hybridized carbons (Fsp3) is 0.500. The Morgan fingerprint density at radius 3 is 2.65 bits per heavy atom. The fourth-order valence-corrected chi connectivity index (χ4v) is 3.81. The van der Waals surface area contributed by atoms with Gasteiger partial charge in [0.2, 0.25) is 0 Å². The van der Waals surface area contributed by atoms with Crippen molar-refractivity contribution in [1.82, 2.24) is 5.32 Å². The van der Waals surface area contributed by atoms with E-state index in [1.54, 1.807) is 30.3 Å². The molecule has 1 aromatic carbocycles. The molecular formula is C12H17NO3S. The topological polar surface area (TPSA) is 66.4 Å². The highest BCUT2D eigenvalue weighted by Gasteiger charge is 2.28. The number of sulfone groups is 1. The van der Waals surface area contributed by atoms with Crippen LogP contribution < -0.4 is 5.32 Å². The van der Waals surface area contributed by atoms with Crippen LogP contribution in [0.3, 0.4) is 0 Å². The van der Waals surface area contributed by atoms with E-state index in [0.29, 0.717) is 17.9 Å². The van der Waals surface area contributed by atoms with Crippen LogP contribution in [-0.4, -0.2) is 38.5 Å². The van der Waals surface area contributed by atoms with Crippen molar-refractivity contribution in [2.75, 3.05) is 18.8 Å². The molecule has 1 fully saturated rings. The Labute approximate surface area is 102 Å². The zero-order valence-corrected chi connectivity index (χ0v) is 10.4. The summed E-state index contributed by atoms with van der Waals surface area (Å²) in [5, 5.41) is 12.8. The highest BCUT2D eigenvalue weighted by Crippen LogP contribution is 2.19. The van der Waals surface area contributed by atoms with Gasteiger partial charge in [0.15, 0.2) is 9.84 Å². The minimum Gasteiger partial charge on any atom is -0.391 e. The van der Waals surface area contributed by atoms with Gasteiger partial charge in [0.05, 0.1) is 16.8 Å². The van der Waals surface area contributed by atoms with Crippen molar-refractivity contribution in [1.29, 1.82) is 0 Å². The van der Waals surface area contributed by atoms with E-state index in [9.17, 15) is 13.5 Å². The number of hydrogen-bond acceptors (Lipinski definition) is 4. The first-order chi connectivity index (χ1) is 8.09. The highest BCUT2D eigenvalue weighted by molar-refractivity contribution is 7.91. The smallest absolute Gasteiger partial charge is 0.178 e. The molecule has 1 aromatic rings. The van der Waals surface area contributed by atoms with Crippen LogP contribution >= 0.6 is 0 Å². The van der Waals surface area contributed by atoms with Crippen molar-refractivity contribution in [3.05, 3.63) is 30.3 Å². The summed E-state index contributed by atoms with van der Waals surface area (Å²) in [5.41, 5.74) is 0. The SMILES string of the molecule is O=S(=O)(CC1CCNCC1O)c1ccccc1. The van der Waals surface area contributed by atoms with Gasteiger partial charge in [0, 0.05) is 12.5 Å². The molecule has 0 radical (unpaired) electrons. The van der Waals surface area contributed by atoms with E-state index in [4.69, 9.17) is 0 Å². The summed E-state index contributed by atoms with van der Waals surface area (Å²) in [5.74, 6) is -0.138. The molecule has 0 aromatic heterocycles. The minimum atomic E-state index is -3.28. The molecule has 94 valence electrons. The second kappa shape index (κ2) is 5.16. The Bertz CT molecular complexity index is 458. The standard InChI is InChI=1S/C12H17NO3S/c14-12-8-13-7-6-10(12)9-17(15,16)11-4-2-1-3-5-11/h1-5,10,12-14H,6-9H2. The van der Waals surface area contributed by atoms with Crippen molar-refractivity contribution in [2.24, 2.45) is 5.92 Å². The second-order valence-electron chi connectivity index (χ2n) is 4.41. The first-order valence-corrected chi connectivity index (χ1v) is 7.41. The Morgan fingerprint density at radius 1 is 1.29 bits per heavy atom. The summed E-state index contributed by atoms with van der Waals surface area (Å²) in [6, 6.07) is 8.42. The lowest BCUT2D eigenvalue weighted by Crippen LogP contribution is -2.43. The van der Waals surface area contributed by atoms with Crippen molar-refractivity contribution in [3.8, 4) is 0 Å². The fourth-order valence-electron chi connectivity index (χ4n) is 2.10. The lowest BCUT2D eigenvalue weighted by atomic mass is 9.97. The first kappa shape index (κ1) is 12.5. The highest BCUT2D eigenvalue weighted by atomic mass is 32.2. The van der Waals surface area contributed by atoms with E-state index in [1.165, 1.54) is 0 Å². The van der Waals surface area contributed by atoms with Gasteiger partial charge in [-0.3, -0.25) is 0 Å². The number of aliphatic hydroxyl groups is 1. The average Bonchev–Trinajstić information content (AvgIpc) is 2.33. The van der Waals surface area contributed by atoms with Crippen molar-refractivity contribution in [2.45, 2.75) is 17.4 Å². The number of piperidine rings is 1. The van der Waals surface area contributed by atoms with Crippen molar-refractivity contribution in [3.63, 3.8) is 0 Å². The molecule has 0 amide bonds. The van der Waals surface area contributed by atoms with Crippen molar-refractivity contribution >= 4 is 9.84 Å². The molecule has 2 atom stereocenters. The average molecular weight is 255 g/mol. The van der Waals surface area contributed by atoms with Gasteiger partial charge in [-0.1, -0.05) is 18.2 Å². The quantitative estimate of drug-likeness (QED) is 0.822. The van der Waals surface area contributed by atoms with E-state index in [2.05, 4.69) is 5.32 Å². The Kier molecular flexibility index (Phi) is 3.81. The predicted molar refractivity (Wildman–Crippen MR) is 65.5 cm³/mol. The third-order valence-corrected chi connectivity index (χ3v) is 4.98. The molecule has 17 heavy (non-hydrogen) atoms. The largest absolute Gasteiger partial charge is 0.391 e. The van der Waals surface area contributed by atoms with E-state index >= 15 is 0 Å². The van der Waals surface area contributed by atoms with Gasteiger partial charge in [-0.05, 0) is 25.1 Å². The van der Waals surface area contributed by atoms with Crippen LogP contribution in [0, 0.1) is 5.92 Å². The second-order valence-corrected chi connectivity index (χ2v) is 6.45. The molecule has 1 aliphatic heterocycles. The maximum Gasteiger partial charge on any atom is 0.178 e. The lowest BCUT2D eigenvalue weighted by Gasteiger charge is -2.28. The third-order valence-electron chi connectivity index (χ3n) is 3.13. The van der Waals surface area contributed by atoms with Crippen LogP contribution in [0.5, 0.6) is 0 Å². The molecule has 5 heteroatoms. The number of nitrogens with one attached hydrogen (secondary N) is 1. The number of hydrogen-bond donors (Lipinski definition) is 2. The van der Waals surface area contributed by atoms with Gasteiger partial charge in [-0.25, -0.2) is 8.42 Å². The van der Waals surface area contributed by atoms with Crippen LogP contribution in [0.15, 0.2) is 35.2 Å². The van der Waals surface area contributed by atoms with Gasteiger partial charge in [0.25, 0.3) is 0 Å². The molecule has 2 unspecified atom stereocenters. The Hall–Kier alpha value is -0.910. The molecule has 2 rings (SSSR count). The normalized spacial score (nSPS) is 25.7. The third kappa shape index (κ3) is 3.06. The molecule has 4 nitrogen and oxygen atoms in total. The van der Waals surface area contributed by atoms with Gasteiger partial charge in [-0.2, -0.15) is 0 Å². The van der Waals surface area contributed by atoms with Crippen LogP contribution in [0.25, 0.3) is 0 Å². The van der Waals surface area contributed by atoms with Crippen LogP contribution in [0.1, 0.15) is 6.42 Å². The zero-order chi connectivity index (χ0) is 12.3. The van der Waals surface area contributed by atoms with E-state index in [0.717, 1.165) is 6.54 Å². The minimum absolute atomic E-state index is 0.0276. The molecular weight excluding hydrogens is 238 g/mol. The van der Waals surface area contributed by atoms with Gasteiger partial charge < -0.3 is 10.4 Å². The summed E-state index contributed by atoms with van der Waals surface area (Å²) >= 11 is 0. The van der Waals surface area contributed by atoms with Crippen LogP contribution in [-0.2, 0) is 9.84 Å². The lowest BCUT2D eigenvalue weighted by molar-refractivity contribution is 0.0928. The Morgan fingerprint density at radius 2 is 2.00 bits per heavy atom. The summed E-state index contributed by atoms with van der Waals surface area (Å²) in [4.78, 5) is 0.339. The summed E-state index contributed by atoms with van der Waals surface area (Å²) in [7, 11) is -3.28. The summed E-state index contributed by atoms with van der Waals surface area (Å²) in [6.07, 6.45) is 0.134. The molecule has 1 saturated heterocycles. The first-order valence-electron chi connectivity index (χ1n) is 5.76. The van der Waals surface area contributed by atoms with Crippen molar-refractivity contribution < 1.29 is 13.5 Å². The van der Waals surface area contributed by atoms with Gasteiger partial charge in [0.1, 0.15) is 0 Å². The van der Waals surface area contributed by atoms with E-state index < -0.39 is 15.9 Å². The molecule has 0 spiro atoms. The summed E-state index contributed by atoms with van der Waals surface area (Å²) < 4.78 is 24.2. The molecule has 0 aliphatic carbocycles. The number of β-amino-alcohol motifs (C(OH)–C–C–N with tert-alkyl or cyclic N) is 1. The van der Waals surface area contributed by atoms with Crippen LogP contribution in [0.2, 0.25) is 0 Å². The molecule has 1 aliphatic rings. The molecule has 2 N–H and O–H groups in total. The van der Waals surface area contributed by atoms with Gasteiger partial charge in [-0.15, -0.1) is 0 Å². The molecule has 1 heterocycles. The number of rotatable bonds is 3.